The number of hydrogen-bond acceptors (Lipinski definition) is 0. The van der Waals surface area contributed by atoms with Crippen LogP contribution in [0.3, 0.4) is 0 Å². The quantitative estimate of drug-likeness (QED) is 0.629. The Morgan fingerprint density at radius 1 is 1.31 bits per heavy atom. The lowest BCUT2D eigenvalue weighted by atomic mass is 10.1. The van der Waals surface area contributed by atoms with Crippen molar-refractivity contribution in [1.82, 2.24) is 0 Å². The summed E-state index contributed by atoms with van der Waals surface area (Å²) < 4.78 is 36.7. The Labute approximate surface area is 74.4 Å². The van der Waals surface area contributed by atoms with E-state index in [0.29, 0.717) is 5.92 Å². The van der Waals surface area contributed by atoms with Crippen LogP contribution < -0.4 is 0 Å². The lowest BCUT2D eigenvalue weighted by Crippen LogP contribution is -2.05. The standard InChI is InChI=1S/C10H8F3/c11-10(12,13)9-3-1-2-8(6-9)7-4-5-7/h1-2,6-7H,4-5H2. The fraction of sp³-hybridized carbons (Fsp3) is 0.400. The SMILES string of the molecule is FC(F)(F)c1[c]ccc(C2CC2)c1. The van der Waals surface area contributed by atoms with E-state index in [1.807, 2.05) is 0 Å². The molecule has 1 radical (unpaired) electrons. The van der Waals surface area contributed by atoms with Crippen LogP contribution in [0, 0.1) is 6.07 Å². The highest BCUT2D eigenvalue weighted by atomic mass is 19.4. The van der Waals surface area contributed by atoms with Crippen LogP contribution in [0.15, 0.2) is 18.2 Å². The molecule has 0 amide bonds. The summed E-state index contributed by atoms with van der Waals surface area (Å²) in [5.74, 6) is 0.357. The van der Waals surface area contributed by atoms with Crippen LogP contribution >= 0.6 is 0 Å². The van der Waals surface area contributed by atoms with Gasteiger partial charge in [0.1, 0.15) is 0 Å². The van der Waals surface area contributed by atoms with Crippen LogP contribution in [0.25, 0.3) is 0 Å². The number of rotatable bonds is 1. The molecule has 0 aromatic heterocycles. The maximum absolute atomic E-state index is 12.2. The van der Waals surface area contributed by atoms with Crippen molar-refractivity contribution in [3.05, 3.63) is 35.4 Å². The molecule has 1 aliphatic carbocycles. The van der Waals surface area contributed by atoms with Crippen LogP contribution in [-0.2, 0) is 6.18 Å². The molecular formula is C10H8F3. The van der Waals surface area contributed by atoms with E-state index in [4.69, 9.17) is 0 Å². The zero-order valence-electron chi connectivity index (χ0n) is 6.86. The van der Waals surface area contributed by atoms with Gasteiger partial charge < -0.3 is 0 Å². The largest absolute Gasteiger partial charge is 0.417 e. The molecule has 1 fully saturated rings. The highest BCUT2D eigenvalue weighted by Gasteiger charge is 2.32. The number of hydrogen-bond donors (Lipinski definition) is 0. The van der Waals surface area contributed by atoms with Gasteiger partial charge in [-0.25, -0.2) is 0 Å². The highest BCUT2D eigenvalue weighted by Crippen LogP contribution is 2.41. The van der Waals surface area contributed by atoms with Crippen molar-refractivity contribution in [2.75, 3.05) is 0 Å². The van der Waals surface area contributed by atoms with Gasteiger partial charge in [-0.3, -0.25) is 0 Å². The molecule has 13 heavy (non-hydrogen) atoms. The van der Waals surface area contributed by atoms with E-state index in [1.54, 1.807) is 6.07 Å². The van der Waals surface area contributed by atoms with Gasteiger partial charge in [-0.2, -0.15) is 13.2 Å². The molecule has 0 atom stereocenters. The monoisotopic (exact) mass is 185 g/mol. The number of alkyl halides is 3. The van der Waals surface area contributed by atoms with Crippen LogP contribution in [0.1, 0.15) is 29.9 Å². The Kier molecular flexibility index (Phi) is 1.82. The fourth-order valence-electron chi connectivity index (χ4n) is 1.32. The third-order valence-electron chi connectivity index (χ3n) is 2.18. The summed E-state index contributed by atoms with van der Waals surface area (Å²) in [4.78, 5) is 0. The molecule has 1 aromatic rings. The summed E-state index contributed by atoms with van der Waals surface area (Å²) in [5, 5.41) is 0. The van der Waals surface area contributed by atoms with Crippen molar-refractivity contribution in [2.24, 2.45) is 0 Å². The Morgan fingerprint density at radius 3 is 2.54 bits per heavy atom. The van der Waals surface area contributed by atoms with E-state index in [1.165, 1.54) is 12.1 Å². The maximum Gasteiger partial charge on any atom is 0.417 e. The molecular weight excluding hydrogens is 177 g/mol. The Hall–Kier alpha value is -0.990. The summed E-state index contributed by atoms with van der Waals surface area (Å²) >= 11 is 0. The predicted molar refractivity (Wildman–Crippen MR) is 42.3 cm³/mol. The molecule has 1 aromatic carbocycles. The van der Waals surface area contributed by atoms with E-state index < -0.39 is 11.7 Å². The summed E-state index contributed by atoms with van der Waals surface area (Å²) in [5.41, 5.74) is 0.142. The average molecular weight is 185 g/mol. The van der Waals surface area contributed by atoms with Gasteiger partial charge in [-0.1, -0.05) is 12.1 Å². The van der Waals surface area contributed by atoms with Gasteiger partial charge in [-0.15, -0.1) is 0 Å². The van der Waals surface area contributed by atoms with Gasteiger partial charge in [-0.05, 0) is 36.5 Å². The van der Waals surface area contributed by atoms with E-state index in [9.17, 15) is 13.2 Å². The summed E-state index contributed by atoms with van der Waals surface area (Å²) in [6.07, 6.45) is -2.23. The minimum absolute atomic E-state index is 0.357. The van der Waals surface area contributed by atoms with Crippen molar-refractivity contribution < 1.29 is 13.2 Å². The first-order valence-corrected chi connectivity index (χ1v) is 4.16. The molecule has 69 valence electrons. The van der Waals surface area contributed by atoms with Crippen LogP contribution in [-0.4, -0.2) is 0 Å². The summed E-state index contributed by atoms with van der Waals surface area (Å²) in [6, 6.07) is 6.49. The Morgan fingerprint density at radius 2 is 2.00 bits per heavy atom. The molecule has 0 unspecified atom stereocenters. The topological polar surface area (TPSA) is 0 Å². The van der Waals surface area contributed by atoms with Gasteiger partial charge in [0.05, 0.1) is 5.56 Å². The second kappa shape index (κ2) is 2.76. The molecule has 0 N–H and O–H groups in total. The van der Waals surface area contributed by atoms with Gasteiger partial charge in [0.25, 0.3) is 0 Å². The van der Waals surface area contributed by atoms with Crippen LogP contribution in [0.4, 0.5) is 13.2 Å². The van der Waals surface area contributed by atoms with E-state index in [2.05, 4.69) is 6.07 Å². The van der Waals surface area contributed by atoms with Gasteiger partial charge >= 0.3 is 6.18 Å². The van der Waals surface area contributed by atoms with E-state index >= 15 is 0 Å². The minimum Gasteiger partial charge on any atom is -0.166 e. The van der Waals surface area contributed by atoms with Crippen LogP contribution in [0.5, 0.6) is 0 Å². The average Bonchev–Trinajstić information content (AvgIpc) is 2.85. The smallest absolute Gasteiger partial charge is 0.166 e. The molecule has 3 heteroatoms. The number of halogens is 3. The number of benzene rings is 1. The lowest BCUT2D eigenvalue weighted by Gasteiger charge is -2.07. The fourth-order valence-corrected chi connectivity index (χ4v) is 1.32. The van der Waals surface area contributed by atoms with Crippen molar-refractivity contribution >= 4 is 0 Å². The molecule has 0 heterocycles. The van der Waals surface area contributed by atoms with Gasteiger partial charge in [0.2, 0.25) is 0 Å². The Bertz CT molecular complexity index is 310. The predicted octanol–water partition coefficient (Wildman–Crippen LogP) is 3.38. The normalized spacial score (nSPS) is 17.5. The third-order valence-corrected chi connectivity index (χ3v) is 2.18. The first-order chi connectivity index (χ1) is 6.07. The molecule has 0 spiro atoms. The first-order valence-electron chi connectivity index (χ1n) is 4.16. The third kappa shape index (κ3) is 1.85. The maximum atomic E-state index is 12.2. The molecule has 0 nitrogen and oxygen atoms in total. The van der Waals surface area contributed by atoms with Crippen LogP contribution in [0.2, 0.25) is 0 Å². The lowest BCUT2D eigenvalue weighted by molar-refractivity contribution is -0.137. The zero-order chi connectivity index (χ0) is 9.47. The zero-order valence-corrected chi connectivity index (χ0v) is 6.86. The van der Waals surface area contributed by atoms with Crippen molar-refractivity contribution in [1.29, 1.82) is 0 Å². The van der Waals surface area contributed by atoms with Gasteiger partial charge in [0.15, 0.2) is 0 Å². The van der Waals surface area contributed by atoms with Crippen molar-refractivity contribution in [2.45, 2.75) is 24.9 Å². The Balaban J connectivity index is 2.32. The first kappa shape index (κ1) is 8.60. The van der Waals surface area contributed by atoms with Crippen molar-refractivity contribution in [3.8, 4) is 0 Å². The van der Waals surface area contributed by atoms with Crippen molar-refractivity contribution in [3.63, 3.8) is 0 Å². The van der Waals surface area contributed by atoms with Gasteiger partial charge in [0, 0.05) is 0 Å². The second-order valence-electron chi connectivity index (χ2n) is 3.31. The van der Waals surface area contributed by atoms with E-state index in [-0.39, 0.29) is 0 Å². The highest BCUT2D eigenvalue weighted by molar-refractivity contribution is 5.29. The summed E-state index contributed by atoms with van der Waals surface area (Å²) in [7, 11) is 0. The molecule has 0 saturated heterocycles. The second-order valence-corrected chi connectivity index (χ2v) is 3.31. The molecule has 0 bridgehead atoms. The molecule has 0 aliphatic heterocycles. The molecule has 1 aliphatic rings. The minimum atomic E-state index is -4.26. The summed E-state index contributed by atoms with van der Waals surface area (Å²) in [6.45, 7) is 0. The molecule has 2 rings (SSSR count). The van der Waals surface area contributed by atoms with E-state index in [0.717, 1.165) is 18.4 Å². The molecule has 1 saturated carbocycles.